The Kier molecular flexibility index (Phi) is 4.28. The van der Waals surface area contributed by atoms with E-state index in [-0.39, 0.29) is 12.0 Å². The predicted octanol–water partition coefficient (Wildman–Crippen LogP) is 1.29. The van der Waals surface area contributed by atoms with Crippen molar-refractivity contribution in [3.63, 3.8) is 0 Å². The smallest absolute Gasteiger partial charge is 0.325 e. The van der Waals surface area contributed by atoms with E-state index >= 15 is 0 Å². The first kappa shape index (κ1) is 13.7. The zero-order valence-electron chi connectivity index (χ0n) is 11.2. The van der Waals surface area contributed by atoms with Gasteiger partial charge in [-0.15, -0.1) is 0 Å². The Bertz CT molecular complexity index is 389. The number of carbonyl (C=O) groups is 1. The fraction of sp³-hybridized carbons (Fsp3) is 0.667. The molecule has 0 aliphatic heterocycles. The van der Waals surface area contributed by atoms with Crippen molar-refractivity contribution in [3.8, 4) is 0 Å². The number of nitrogens with one attached hydrogen (secondary N) is 1. The molecule has 0 aliphatic carbocycles. The fourth-order valence-electron chi connectivity index (χ4n) is 1.87. The van der Waals surface area contributed by atoms with Crippen LogP contribution in [0.2, 0.25) is 0 Å². The molecule has 0 bridgehead atoms. The maximum absolute atomic E-state index is 11.7. The van der Waals surface area contributed by atoms with Crippen LogP contribution in [-0.4, -0.2) is 35.4 Å². The number of methoxy groups -OCH3 is 1. The topological polar surface area (TPSA) is 56.2 Å². The number of esters is 1. The first-order chi connectivity index (χ1) is 7.92. The molecule has 1 heterocycles. The monoisotopic (exact) mass is 239 g/mol. The second-order valence-electron chi connectivity index (χ2n) is 4.62. The minimum absolute atomic E-state index is 0.125. The summed E-state index contributed by atoms with van der Waals surface area (Å²) in [6.45, 7) is 5.87. The molecule has 1 N–H and O–H groups in total. The van der Waals surface area contributed by atoms with Crippen molar-refractivity contribution in [1.82, 2.24) is 15.1 Å². The van der Waals surface area contributed by atoms with Crippen LogP contribution in [0.15, 0.2) is 12.4 Å². The van der Waals surface area contributed by atoms with Gasteiger partial charge in [-0.2, -0.15) is 5.10 Å². The van der Waals surface area contributed by atoms with Crippen molar-refractivity contribution in [3.05, 3.63) is 18.0 Å². The molecule has 0 saturated heterocycles. The van der Waals surface area contributed by atoms with E-state index in [1.54, 1.807) is 7.05 Å². The van der Waals surface area contributed by atoms with Gasteiger partial charge < -0.3 is 10.1 Å². The molecule has 0 amide bonds. The molecule has 0 fully saturated rings. The van der Waals surface area contributed by atoms with Gasteiger partial charge in [0.15, 0.2) is 0 Å². The van der Waals surface area contributed by atoms with Crippen LogP contribution in [-0.2, 0) is 9.53 Å². The molecule has 0 saturated carbocycles. The fourth-order valence-corrected chi connectivity index (χ4v) is 1.87. The molecule has 5 nitrogen and oxygen atoms in total. The zero-order chi connectivity index (χ0) is 13.1. The first-order valence-corrected chi connectivity index (χ1v) is 5.71. The Labute approximate surface area is 102 Å². The lowest BCUT2D eigenvalue weighted by molar-refractivity contribution is -0.148. The number of likely N-dealkylation sites (N-methyl/N-ethyl adjacent to an activating group) is 1. The van der Waals surface area contributed by atoms with Crippen LogP contribution >= 0.6 is 0 Å². The van der Waals surface area contributed by atoms with Crippen molar-refractivity contribution in [2.45, 2.75) is 38.8 Å². The summed E-state index contributed by atoms with van der Waals surface area (Å²) in [6, 6.07) is 0.125. The summed E-state index contributed by atoms with van der Waals surface area (Å²) >= 11 is 0. The van der Waals surface area contributed by atoms with E-state index in [9.17, 15) is 4.79 Å². The van der Waals surface area contributed by atoms with Crippen LogP contribution < -0.4 is 5.32 Å². The lowest BCUT2D eigenvalue weighted by Gasteiger charge is -2.29. The number of rotatable bonds is 5. The largest absolute Gasteiger partial charge is 0.468 e. The molecule has 2 atom stereocenters. The van der Waals surface area contributed by atoms with E-state index in [4.69, 9.17) is 4.74 Å². The molecule has 5 heteroatoms. The van der Waals surface area contributed by atoms with Gasteiger partial charge in [0.05, 0.1) is 19.3 Å². The second kappa shape index (κ2) is 5.31. The van der Waals surface area contributed by atoms with Gasteiger partial charge in [0.2, 0.25) is 0 Å². The van der Waals surface area contributed by atoms with Crippen molar-refractivity contribution in [2.24, 2.45) is 0 Å². The van der Waals surface area contributed by atoms with Gasteiger partial charge in [-0.25, -0.2) is 0 Å². The number of nitrogens with zero attached hydrogens (tertiary/aromatic N) is 2. The molecular formula is C12H21N3O2. The normalized spacial score (nSPS) is 16.3. The summed E-state index contributed by atoms with van der Waals surface area (Å²) < 4.78 is 6.69. The highest BCUT2D eigenvalue weighted by atomic mass is 16.5. The van der Waals surface area contributed by atoms with E-state index in [0.29, 0.717) is 6.42 Å². The summed E-state index contributed by atoms with van der Waals surface area (Å²) in [6.07, 6.45) is 4.40. The molecule has 1 rings (SSSR count). The molecule has 2 unspecified atom stereocenters. The average molecular weight is 239 g/mol. The molecular weight excluding hydrogens is 218 g/mol. The summed E-state index contributed by atoms with van der Waals surface area (Å²) in [7, 11) is 3.17. The van der Waals surface area contributed by atoms with Crippen molar-refractivity contribution in [2.75, 3.05) is 14.2 Å². The Hall–Kier alpha value is -1.36. The number of aryl methyl sites for hydroxylation is 1. The minimum atomic E-state index is -0.686. The molecule has 1 aromatic heterocycles. The molecule has 17 heavy (non-hydrogen) atoms. The van der Waals surface area contributed by atoms with E-state index in [2.05, 4.69) is 10.4 Å². The van der Waals surface area contributed by atoms with Crippen LogP contribution in [0.4, 0.5) is 0 Å². The number of hydrogen-bond donors (Lipinski definition) is 1. The molecule has 0 spiro atoms. The highest BCUT2D eigenvalue weighted by molar-refractivity contribution is 5.80. The maximum Gasteiger partial charge on any atom is 0.325 e. The SMILES string of the molecule is CNC(C)(CC(C)n1cc(C)cn1)C(=O)OC. The number of hydrogen-bond acceptors (Lipinski definition) is 4. The third-order valence-electron chi connectivity index (χ3n) is 3.07. The Morgan fingerprint density at radius 3 is 2.76 bits per heavy atom. The van der Waals surface area contributed by atoms with E-state index < -0.39 is 5.54 Å². The molecule has 96 valence electrons. The van der Waals surface area contributed by atoms with Crippen LogP contribution in [0.25, 0.3) is 0 Å². The lowest BCUT2D eigenvalue weighted by atomic mass is 9.94. The van der Waals surface area contributed by atoms with Crippen LogP contribution in [0.5, 0.6) is 0 Å². The van der Waals surface area contributed by atoms with Gasteiger partial charge in [0.25, 0.3) is 0 Å². The average Bonchev–Trinajstić information content (AvgIpc) is 2.74. The highest BCUT2D eigenvalue weighted by Gasteiger charge is 2.34. The van der Waals surface area contributed by atoms with Gasteiger partial charge in [0.1, 0.15) is 5.54 Å². The lowest BCUT2D eigenvalue weighted by Crippen LogP contribution is -2.49. The summed E-state index contributed by atoms with van der Waals surface area (Å²) in [5.41, 5.74) is 0.426. The summed E-state index contributed by atoms with van der Waals surface area (Å²) in [5, 5.41) is 7.28. The second-order valence-corrected chi connectivity index (χ2v) is 4.62. The quantitative estimate of drug-likeness (QED) is 0.787. The van der Waals surface area contributed by atoms with E-state index in [0.717, 1.165) is 5.56 Å². The highest BCUT2D eigenvalue weighted by Crippen LogP contribution is 2.21. The van der Waals surface area contributed by atoms with Crippen molar-refractivity contribution >= 4 is 5.97 Å². The van der Waals surface area contributed by atoms with Crippen LogP contribution in [0.1, 0.15) is 31.9 Å². The summed E-state index contributed by atoms with van der Waals surface area (Å²) in [5.74, 6) is -0.254. The third kappa shape index (κ3) is 3.06. The Morgan fingerprint density at radius 2 is 2.35 bits per heavy atom. The van der Waals surface area contributed by atoms with Crippen molar-refractivity contribution < 1.29 is 9.53 Å². The molecule has 0 radical (unpaired) electrons. The number of ether oxygens (including phenoxy) is 1. The first-order valence-electron chi connectivity index (χ1n) is 5.71. The van der Waals surface area contributed by atoms with Gasteiger partial charge in [-0.3, -0.25) is 9.48 Å². The van der Waals surface area contributed by atoms with E-state index in [1.807, 2.05) is 37.8 Å². The number of carbonyl (C=O) groups excluding carboxylic acids is 1. The summed E-state index contributed by atoms with van der Waals surface area (Å²) in [4.78, 5) is 11.7. The predicted molar refractivity (Wildman–Crippen MR) is 65.8 cm³/mol. The van der Waals surface area contributed by atoms with Crippen molar-refractivity contribution in [1.29, 1.82) is 0 Å². The molecule has 0 aliphatic rings. The van der Waals surface area contributed by atoms with Gasteiger partial charge in [0, 0.05) is 6.20 Å². The van der Waals surface area contributed by atoms with Crippen LogP contribution in [0.3, 0.4) is 0 Å². The molecule has 1 aromatic rings. The van der Waals surface area contributed by atoms with Crippen LogP contribution in [0, 0.1) is 6.92 Å². The van der Waals surface area contributed by atoms with E-state index in [1.165, 1.54) is 7.11 Å². The standard InChI is InChI=1S/C12H21N3O2/c1-9-7-14-15(8-9)10(2)6-12(3,13-4)11(16)17-5/h7-8,10,13H,6H2,1-5H3. The van der Waals surface area contributed by atoms with Gasteiger partial charge >= 0.3 is 5.97 Å². The molecule has 0 aromatic carbocycles. The number of aromatic nitrogens is 2. The van der Waals surface area contributed by atoms with Gasteiger partial charge in [-0.1, -0.05) is 0 Å². The Morgan fingerprint density at radius 1 is 1.71 bits per heavy atom. The minimum Gasteiger partial charge on any atom is -0.468 e. The third-order valence-corrected chi connectivity index (χ3v) is 3.07. The Balaban J connectivity index is 2.78. The zero-order valence-corrected chi connectivity index (χ0v) is 11.2. The maximum atomic E-state index is 11.7. The van der Waals surface area contributed by atoms with Gasteiger partial charge in [-0.05, 0) is 39.8 Å².